The van der Waals surface area contributed by atoms with Crippen LogP contribution in [0.3, 0.4) is 0 Å². The Morgan fingerprint density at radius 1 is 0.857 bits per heavy atom. The van der Waals surface area contributed by atoms with E-state index >= 15 is 0 Å². The van der Waals surface area contributed by atoms with Gasteiger partial charge in [-0.1, -0.05) is 6.92 Å². The van der Waals surface area contributed by atoms with Gasteiger partial charge in [0.15, 0.2) is 0 Å². The Bertz CT molecular complexity index is 287. The first-order valence-electron chi connectivity index (χ1n) is 5.17. The van der Waals surface area contributed by atoms with E-state index in [0.29, 0.717) is 0 Å². The molecule has 0 heterocycles. The third-order valence-electron chi connectivity index (χ3n) is 3.27. The summed E-state index contributed by atoms with van der Waals surface area (Å²) in [5.74, 6) is 0. The maximum atomic E-state index is 2.25. The minimum absolute atomic E-state index is 1.15. The number of hydrogen-bond acceptors (Lipinski definition) is 1. The van der Waals surface area contributed by atoms with Crippen molar-refractivity contribution in [2.45, 2.75) is 45.9 Å². The maximum Gasteiger partial charge on any atom is 0.0133 e. The summed E-state index contributed by atoms with van der Waals surface area (Å²) < 4.78 is 0. The van der Waals surface area contributed by atoms with Crippen molar-refractivity contribution in [2.24, 2.45) is 0 Å². The lowest BCUT2D eigenvalue weighted by Gasteiger charge is -2.18. The maximum absolute atomic E-state index is 2.25. The molecule has 0 aliphatic carbocycles. The molecular formula is C13H20S. The zero-order valence-electron chi connectivity index (χ0n) is 10.1. The summed E-state index contributed by atoms with van der Waals surface area (Å²) in [4.78, 5) is 1.47. The van der Waals surface area contributed by atoms with E-state index in [2.05, 4.69) is 40.9 Å². The van der Waals surface area contributed by atoms with E-state index in [9.17, 15) is 0 Å². The van der Waals surface area contributed by atoms with Crippen LogP contribution in [0.5, 0.6) is 0 Å². The Kier molecular flexibility index (Phi) is 3.65. The van der Waals surface area contributed by atoms with Gasteiger partial charge in [-0.2, -0.15) is 0 Å². The highest BCUT2D eigenvalue weighted by atomic mass is 32.2. The highest BCUT2D eigenvalue weighted by Gasteiger charge is 2.12. The SMILES string of the molecule is CCc1c(C)c(C)c(SC)c(C)c1C. The van der Waals surface area contributed by atoms with E-state index < -0.39 is 0 Å². The summed E-state index contributed by atoms with van der Waals surface area (Å²) in [6.45, 7) is 11.2. The first kappa shape index (κ1) is 11.6. The largest absolute Gasteiger partial charge is 0.129 e. The van der Waals surface area contributed by atoms with Crippen LogP contribution in [0.4, 0.5) is 0 Å². The van der Waals surface area contributed by atoms with Crippen LogP contribution in [0, 0.1) is 27.7 Å². The van der Waals surface area contributed by atoms with Gasteiger partial charge in [0, 0.05) is 4.90 Å². The molecule has 0 unspecified atom stereocenters. The number of hydrogen-bond donors (Lipinski definition) is 0. The lowest BCUT2D eigenvalue weighted by Crippen LogP contribution is -2.00. The van der Waals surface area contributed by atoms with Crippen molar-refractivity contribution in [1.82, 2.24) is 0 Å². The third-order valence-corrected chi connectivity index (χ3v) is 4.29. The van der Waals surface area contributed by atoms with Crippen LogP contribution in [0.1, 0.15) is 34.7 Å². The first-order chi connectivity index (χ1) is 6.54. The van der Waals surface area contributed by atoms with E-state index in [1.807, 2.05) is 11.8 Å². The lowest BCUT2D eigenvalue weighted by molar-refractivity contribution is 1.02. The molecule has 0 radical (unpaired) electrons. The minimum Gasteiger partial charge on any atom is -0.129 e. The molecule has 0 aromatic heterocycles. The van der Waals surface area contributed by atoms with Crippen molar-refractivity contribution >= 4 is 11.8 Å². The average Bonchev–Trinajstić information content (AvgIpc) is 2.17. The molecule has 0 atom stereocenters. The van der Waals surface area contributed by atoms with Crippen LogP contribution in [0.25, 0.3) is 0 Å². The summed E-state index contributed by atoms with van der Waals surface area (Å²) in [7, 11) is 0. The highest BCUT2D eigenvalue weighted by molar-refractivity contribution is 7.98. The second kappa shape index (κ2) is 4.39. The average molecular weight is 208 g/mol. The number of benzene rings is 1. The zero-order chi connectivity index (χ0) is 10.9. The molecule has 0 amide bonds. The van der Waals surface area contributed by atoms with Crippen molar-refractivity contribution in [3.63, 3.8) is 0 Å². The quantitative estimate of drug-likeness (QED) is 0.656. The van der Waals surface area contributed by atoms with E-state index in [4.69, 9.17) is 0 Å². The van der Waals surface area contributed by atoms with Crippen molar-refractivity contribution in [3.8, 4) is 0 Å². The number of rotatable bonds is 2. The number of thioether (sulfide) groups is 1. The van der Waals surface area contributed by atoms with Crippen molar-refractivity contribution < 1.29 is 0 Å². The fraction of sp³-hybridized carbons (Fsp3) is 0.538. The van der Waals surface area contributed by atoms with Crippen LogP contribution in [-0.4, -0.2) is 6.26 Å². The van der Waals surface area contributed by atoms with Crippen molar-refractivity contribution in [3.05, 3.63) is 27.8 Å². The summed E-state index contributed by atoms with van der Waals surface area (Å²) >= 11 is 1.87. The molecule has 0 fully saturated rings. The predicted octanol–water partition coefficient (Wildman–Crippen LogP) is 4.20. The Morgan fingerprint density at radius 2 is 1.29 bits per heavy atom. The molecular weight excluding hydrogens is 188 g/mol. The van der Waals surface area contributed by atoms with Crippen LogP contribution >= 0.6 is 11.8 Å². The molecule has 78 valence electrons. The molecule has 1 aromatic rings. The van der Waals surface area contributed by atoms with E-state index in [1.54, 1.807) is 0 Å². The summed E-state index contributed by atoms with van der Waals surface area (Å²) in [6.07, 6.45) is 3.31. The van der Waals surface area contributed by atoms with E-state index in [1.165, 1.54) is 32.7 Å². The summed E-state index contributed by atoms with van der Waals surface area (Å²) in [5, 5.41) is 0. The normalized spacial score (nSPS) is 10.7. The molecule has 0 N–H and O–H groups in total. The second-order valence-corrected chi connectivity index (χ2v) is 4.68. The standard InChI is InChI=1S/C13H20S/c1-7-12-8(2)10(4)13(14-6)11(5)9(12)3/h7H2,1-6H3. The molecule has 14 heavy (non-hydrogen) atoms. The third kappa shape index (κ3) is 1.70. The highest BCUT2D eigenvalue weighted by Crippen LogP contribution is 2.32. The molecule has 1 aromatic carbocycles. The first-order valence-corrected chi connectivity index (χ1v) is 6.40. The van der Waals surface area contributed by atoms with Crippen LogP contribution < -0.4 is 0 Å². The van der Waals surface area contributed by atoms with Crippen molar-refractivity contribution in [1.29, 1.82) is 0 Å². The molecule has 0 bridgehead atoms. The molecule has 0 aliphatic rings. The molecule has 0 saturated carbocycles. The van der Waals surface area contributed by atoms with Crippen LogP contribution in [0.2, 0.25) is 0 Å². The van der Waals surface area contributed by atoms with Gasteiger partial charge in [-0.25, -0.2) is 0 Å². The van der Waals surface area contributed by atoms with E-state index in [0.717, 1.165) is 6.42 Å². The molecule has 0 spiro atoms. The molecule has 0 aliphatic heterocycles. The van der Waals surface area contributed by atoms with Gasteiger partial charge in [-0.05, 0) is 68.2 Å². The Balaban J connectivity index is 3.55. The fourth-order valence-corrected chi connectivity index (χ4v) is 3.11. The fourth-order valence-electron chi connectivity index (χ4n) is 2.19. The van der Waals surface area contributed by atoms with Crippen molar-refractivity contribution in [2.75, 3.05) is 6.26 Å². The molecule has 1 heteroatoms. The van der Waals surface area contributed by atoms with Gasteiger partial charge in [0.25, 0.3) is 0 Å². The molecule has 0 nitrogen and oxygen atoms in total. The van der Waals surface area contributed by atoms with Gasteiger partial charge in [0.05, 0.1) is 0 Å². The molecule has 1 rings (SSSR count). The van der Waals surface area contributed by atoms with Crippen LogP contribution in [0.15, 0.2) is 4.90 Å². The van der Waals surface area contributed by atoms with Gasteiger partial charge >= 0.3 is 0 Å². The smallest absolute Gasteiger partial charge is 0.0133 e. The second-order valence-electron chi connectivity index (χ2n) is 3.87. The lowest BCUT2D eigenvalue weighted by atomic mass is 9.93. The van der Waals surface area contributed by atoms with Crippen LogP contribution in [-0.2, 0) is 6.42 Å². The van der Waals surface area contributed by atoms with Gasteiger partial charge in [-0.15, -0.1) is 11.8 Å². The minimum atomic E-state index is 1.15. The summed E-state index contributed by atoms with van der Waals surface area (Å²) in [6, 6.07) is 0. The molecule has 0 saturated heterocycles. The van der Waals surface area contributed by atoms with Gasteiger partial charge < -0.3 is 0 Å². The Morgan fingerprint density at radius 3 is 1.57 bits per heavy atom. The monoisotopic (exact) mass is 208 g/mol. The Hall–Kier alpha value is -0.430. The topological polar surface area (TPSA) is 0 Å². The van der Waals surface area contributed by atoms with E-state index in [-0.39, 0.29) is 0 Å². The predicted molar refractivity (Wildman–Crippen MR) is 66.5 cm³/mol. The Labute approximate surface area is 92.1 Å². The van der Waals surface area contributed by atoms with Gasteiger partial charge in [0.1, 0.15) is 0 Å². The summed E-state index contributed by atoms with van der Waals surface area (Å²) in [5.41, 5.74) is 7.45. The van der Waals surface area contributed by atoms with Gasteiger partial charge in [0.2, 0.25) is 0 Å². The van der Waals surface area contributed by atoms with Gasteiger partial charge in [-0.3, -0.25) is 0 Å². The zero-order valence-corrected chi connectivity index (χ0v) is 10.9.